The molecule has 20 heavy (non-hydrogen) atoms. The molecular weight excluding hydrogens is 253 g/mol. The number of halogens is 1. The van der Waals surface area contributed by atoms with Crippen LogP contribution in [0.15, 0.2) is 36.5 Å². The molecule has 1 aromatic heterocycles. The van der Waals surface area contributed by atoms with Crippen LogP contribution in [-0.4, -0.2) is 11.5 Å². The molecule has 0 amide bonds. The van der Waals surface area contributed by atoms with Crippen molar-refractivity contribution in [2.45, 2.75) is 26.3 Å². The normalized spacial score (nSPS) is 12.3. The maximum absolute atomic E-state index is 13.1. The van der Waals surface area contributed by atoms with Gasteiger partial charge in [0.15, 0.2) is 0 Å². The van der Waals surface area contributed by atoms with Crippen molar-refractivity contribution >= 4 is 5.82 Å². The quantitative estimate of drug-likeness (QED) is 0.879. The molecule has 1 heterocycles. The first-order chi connectivity index (χ1) is 9.63. The number of aromatic nitrogens is 1. The average molecular weight is 273 g/mol. The highest BCUT2D eigenvalue weighted by Gasteiger charge is 2.18. The molecular formula is C16H20FN3. The van der Waals surface area contributed by atoms with Crippen LogP contribution in [0.4, 0.5) is 10.2 Å². The van der Waals surface area contributed by atoms with Gasteiger partial charge in [0, 0.05) is 11.8 Å². The lowest BCUT2D eigenvalue weighted by molar-refractivity contribution is 0.591. The van der Waals surface area contributed by atoms with Crippen molar-refractivity contribution in [3.05, 3.63) is 59.0 Å². The van der Waals surface area contributed by atoms with Crippen LogP contribution in [0.1, 0.15) is 36.1 Å². The molecule has 3 nitrogen and oxygen atoms in total. The van der Waals surface area contributed by atoms with Crippen LogP contribution in [0.25, 0.3) is 0 Å². The summed E-state index contributed by atoms with van der Waals surface area (Å²) in [7, 11) is 0. The van der Waals surface area contributed by atoms with Gasteiger partial charge < -0.3 is 11.1 Å². The van der Waals surface area contributed by atoms with Crippen molar-refractivity contribution in [1.82, 2.24) is 10.3 Å². The number of hydrogen-bond donors (Lipinski definition) is 2. The molecule has 2 aromatic rings. The van der Waals surface area contributed by atoms with Crippen LogP contribution in [0.2, 0.25) is 0 Å². The van der Waals surface area contributed by atoms with Crippen LogP contribution < -0.4 is 11.1 Å². The zero-order valence-electron chi connectivity index (χ0n) is 11.9. The predicted octanol–water partition coefficient (Wildman–Crippen LogP) is 3.20. The number of hydrogen-bond acceptors (Lipinski definition) is 3. The minimum atomic E-state index is -0.237. The van der Waals surface area contributed by atoms with E-state index >= 15 is 0 Å². The van der Waals surface area contributed by atoms with Gasteiger partial charge in [-0.2, -0.15) is 0 Å². The third kappa shape index (κ3) is 3.14. The van der Waals surface area contributed by atoms with Crippen LogP contribution >= 0.6 is 0 Å². The minimum Gasteiger partial charge on any atom is -0.383 e. The summed E-state index contributed by atoms with van der Waals surface area (Å²) in [6.45, 7) is 4.97. The summed E-state index contributed by atoms with van der Waals surface area (Å²) in [4.78, 5) is 4.18. The van der Waals surface area contributed by atoms with Crippen molar-refractivity contribution in [3.8, 4) is 0 Å². The molecule has 0 bridgehead atoms. The highest BCUT2D eigenvalue weighted by molar-refractivity contribution is 5.49. The lowest BCUT2D eigenvalue weighted by atomic mass is 9.95. The number of nitrogen functional groups attached to an aromatic ring is 1. The third-order valence-corrected chi connectivity index (χ3v) is 3.33. The lowest BCUT2D eigenvalue weighted by Crippen LogP contribution is -2.25. The van der Waals surface area contributed by atoms with Gasteiger partial charge in [-0.3, -0.25) is 0 Å². The van der Waals surface area contributed by atoms with Crippen LogP contribution in [0.5, 0.6) is 0 Å². The molecule has 1 unspecified atom stereocenters. The summed E-state index contributed by atoms with van der Waals surface area (Å²) >= 11 is 0. The van der Waals surface area contributed by atoms with Crippen LogP contribution in [0.3, 0.4) is 0 Å². The van der Waals surface area contributed by atoms with Crippen LogP contribution in [-0.2, 0) is 0 Å². The Balaban J connectivity index is 2.44. The first kappa shape index (κ1) is 14.5. The molecule has 106 valence electrons. The van der Waals surface area contributed by atoms with Gasteiger partial charge >= 0.3 is 0 Å². The Labute approximate surface area is 119 Å². The van der Waals surface area contributed by atoms with Crippen molar-refractivity contribution < 1.29 is 4.39 Å². The zero-order valence-corrected chi connectivity index (χ0v) is 11.9. The molecule has 1 aromatic carbocycles. The Morgan fingerprint density at radius 3 is 2.55 bits per heavy atom. The fourth-order valence-electron chi connectivity index (χ4n) is 2.30. The van der Waals surface area contributed by atoms with Gasteiger partial charge in [-0.05, 0) is 49.2 Å². The summed E-state index contributed by atoms with van der Waals surface area (Å²) in [6, 6.07) is 8.39. The molecule has 0 radical (unpaired) electrons. The number of pyridine rings is 1. The van der Waals surface area contributed by atoms with E-state index in [2.05, 4.69) is 17.2 Å². The van der Waals surface area contributed by atoms with E-state index in [1.807, 2.05) is 13.0 Å². The molecule has 0 spiro atoms. The summed E-state index contributed by atoms with van der Waals surface area (Å²) in [5.41, 5.74) is 9.07. The third-order valence-electron chi connectivity index (χ3n) is 3.33. The molecule has 0 saturated heterocycles. The second-order valence-corrected chi connectivity index (χ2v) is 4.87. The number of nitrogens with one attached hydrogen (secondary N) is 1. The van der Waals surface area contributed by atoms with Crippen LogP contribution in [0, 0.1) is 12.7 Å². The molecule has 3 N–H and O–H groups in total. The first-order valence-electron chi connectivity index (χ1n) is 6.83. The smallest absolute Gasteiger partial charge is 0.128 e. The number of benzene rings is 1. The molecule has 4 heteroatoms. The van der Waals surface area contributed by atoms with E-state index < -0.39 is 0 Å². The molecule has 0 aliphatic heterocycles. The fourth-order valence-corrected chi connectivity index (χ4v) is 2.30. The van der Waals surface area contributed by atoms with Crippen molar-refractivity contribution in [3.63, 3.8) is 0 Å². The Hall–Kier alpha value is -1.94. The highest BCUT2D eigenvalue weighted by Crippen LogP contribution is 2.28. The Bertz CT molecular complexity index is 546. The average Bonchev–Trinajstić information content (AvgIpc) is 2.43. The summed E-state index contributed by atoms with van der Waals surface area (Å²) in [5.74, 6) is 0.279. The Morgan fingerprint density at radius 2 is 1.95 bits per heavy atom. The van der Waals surface area contributed by atoms with E-state index in [1.165, 1.54) is 12.1 Å². The van der Waals surface area contributed by atoms with E-state index in [0.717, 1.165) is 29.7 Å². The lowest BCUT2D eigenvalue weighted by Gasteiger charge is -2.22. The number of nitrogens with zero attached hydrogens (tertiary/aromatic N) is 1. The summed E-state index contributed by atoms with van der Waals surface area (Å²) in [6.07, 6.45) is 2.71. The van der Waals surface area contributed by atoms with E-state index in [0.29, 0.717) is 5.82 Å². The number of nitrogens with two attached hydrogens (primary N) is 1. The van der Waals surface area contributed by atoms with E-state index in [9.17, 15) is 4.39 Å². The van der Waals surface area contributed by atoms with E-state index in [-0.39, 0.29) is 11.9 Å². The zero-order chi connectivity index (χ0) is 14.5. The summed E-state index contributed by atoms with van der Waals surface area (Å²) in [5, 5.41) is 3.46. The second-order valence-electron chi connectivity index (χ2n) is 4.87. The fraction of sp³-hybridized carbons (Fsp3) is 0.312. The maximum Gasteiger partial charge on any atom is 0.128 e. The number of rotatable bonds is 5. The molecule has 0 saturated carbocycles. The molecule has 0 aliphatic rings. The van der Waals surface area contributed by atoms with Gasteiger partial charge in [0.25, 0.3) is 0 Å². The maximum atomic E-state index is 13.1. The van der Waals surface area contributed by atoms with E-state index in [4.69, 9.17) is 5.73 Å². The largest absolute Gasteiger partial charge is 0.383 e. The monoisotopic (exact) mass is 273 g/mol. The SMILES string of the molecule is CCCNC(c1ccc(F)cc1)c1c(C)ccnc1N. The van der Waals surface area contributed by atoms with Crippen molar-refractivity contribution in [2.75, 3.05) is 12.3 Å². The Morgan fingerprint density at radius 1 is 1.25 bits per heavy atom. The van der Waals surface area contributed by atoms with Crippen molar-refractivity contribution in [2.24, 2.45) is 0 Å². The first-order valence-corrected chi connectivity index (χ1v) is 6.83. The highest BCUT2D eigenvalue weighted by atomic mass is 19.1. The van der Waals surface area contributed by atoms with Gasteiger partial charge in [0.05, 0.1) is 6.04 Å². The topological polar surface area (TPSA) is 50.9 Å². The standard InChI is InChI=1S/C16H20FN3/c1-3-9-19-15(12-4-6-13(17)7-5-12)14-11(2)8-10-20-16(14)18/h4-8,10,15,19H,3,9H2,1-2H3,(H2,18,20). The molecule has 0 fully saturated rings. The van der Waals surface area contributed by atoms with Gasteiger partial charge in [-0.1, -0.05) is 19.1 Å². The van der Waals surface area contributed by atoms with Gasteiger partial charge in [0.1, 0.15) is 11.6 Å². The number of anilines is 1. The molecule has 2 rings (SSSR count). The van der Waals surface area contributed by atoms with Crippen molar-refractivity contribution in [1.29, 1.82) is 0 Å². The molecule has 0 aliphatic carbocycles. The van der Waals surface area contributed by atoms with Gasteiger partial charge in [-0.15, -0.1) is 0 Å². The molecule has 1 atom stereocenters. The number of aryl methyl sites for hydroxylation is 1. The van der Waals surface area contributed by atoms with Gasteiger partial charge in [-0.25, -0.2) is 9.37 Å². The Kier molecular flexibility index (Phi) is 4.69. The summed E-state index contributed by atoms with van der Waals surface area (Å²) < 4.78 is 13.1. The second kappa shape index (κ2) is 6.48. The minimum absolute atomic E-state index is 0.0655. The predicted molar refractivity (Wildman–Crippen MR) is 79.9 cm³/mol. The van der Waals surface area contributed by atoms with E-state index in [1.54, 1.807) is 18.3 Å². The van der Waals surface area contributed by atoms with Gasteiger partial charge in [0.2, 0.25) is 0 Å².